The Labute approximate surface area is 151 Å². The van der Waals surface area contributed by atoms with Crippen molar-refractivity contribution in [2.24, 2.45) is 0 Å². The van der Waals surface area contributed by atoms with E-state index in [1.165, 1.54) is 0 Å². The van der Waals surface area contributed by atoms with Crippen LogP contribution in [-0.4, -0.2) is 20.4 Å². The van der Waals surface area contributed by atoms with E-state index in [1.807, 2.05) is 0 Å². The van der Waals surface area contributed by atoms with Gasteiger partial charge in [0.15, 0.2) is 0 Å². The Morgan fingerprint density at radius 2 is 1.65 bits per heavy atom. The van der Waals surface area contributed by atoms with Gasteiger partial charge in [-0.15, -0.1) is 0 Å². The summed E-state index contributed by atoms with van der Waals surface area (Å²) in [5, 5.41) is 2.50. The Balaban J connectivity index is 1.97. The molecule has 2 aromatic rings. The minimum absolute atomic E-state index is 0.103. The number of carbonyl (C=O) groups excluding carboxylic acids is 1. The van der Waals surface area contributed by atoms with Crippen LogP contribution in [0.1, 0.15) is 35.3 Å². The van der Waals surface area contributed by atoms with Crippen LogP contribution in [0.15, 0.2) is 42.5 Å². The monoisotopic (exact) mass is 382 g/mol. The zero-order chi connectivity index (χ0) is 19.3. The predicted molar refractivity (Wildman–Crippen MR) is 94.9 cm³/mol. The van der Waals surface area contributed by atoms with Crippen LogP contribution in [-0.2, 0) is 22.3 Å². The van der Waals surface area contributed by atoms with Gasteiger partial charge in [0.1, 0.15) is 11.6 Å². The maximum Gasteiger partial charge on any atom is 0.254 e. The maximum atomic E-state index is 13.6. The standard InChI is InChI=1S/C18H20F2N2O3S/c1-12(2)22-26(24,25)11-14-5-3-13(4-6-14)10-21-18(23)16-9-15(19)7-8-17(16)20/h3-9,12,22H,10-11H2,1-2H3,(H,21,23). The summed E-state index contributed by atoms with van der Waals surface area (Å²) >= 11 is 0. The van der Waals surface area contributed by atoms with Crippen molar-refractivity contribution < 1.29 is 22.0 Å². The third-order valence-corrected chi connectivity index (χ3v) is 4.96. The summed E-state index contributed by atoms with van der Waals surface area (Å²) in [4.78, 5) is 11.9. The number of benzene rings is 2. The van der Waals surface area contributed by atoms with E-state index in [4.69, 9.17) is 0 Å². The molecule has 8 heteroatoms. The first-order chi connectivity index (χ1) is 12.2. The zero-order valence-corrected chi connectivity index (χ0v) is 15.2. The fourth-order valence-electron chi connectivity index (χ4n) is 2.32. The van der Waals surface area contributed by atoms with Gasteiger partial charge in [-0.1, -0.05) is 24.3 Å². The molecule has 2 N–H and O–H groups in total. The molecular formula is C18H20F2N2O3S. The minimum atomic E-state index is -3.41. The highest BCUT2D eigenvalue weighted by Gasteiger charge is 2.14. The molecule has 0 aliphatic carbocycles. The summed E-state index contributed by atoms with van der Waals surface area (Å²) in [5.74, 6) is -2.37. The number of hydrogen-bond donors (Lipinski definition) is 2. The van der Waals surface area contributed by atoms with Gasteiger partial charge in [-0.05, 0) is 43.2 Å². The van der Waals surface area contributed by atoms with Crippen LogP contribution in [0.3, 0.4) is 0 Å². The quantitative estimate of drug-likeness (QED) is 0.773. The fraction of sp³-hybridized carbons (Fsp3) is 0.278. The van der Waals surface area contributed by atoms with Crippen LogP contribution in [0.4, 0.5) is 8.78 Å². The Bertz CT molecular complexity index is 882. The van der Waals surface area contributed by atoms with Crippen LogP contribution < -0.4 is 10.0 Å². The molecule has 0 spiro atoms. The lowest BCUT2D eigenvalue weighted by Gasteiger charge is -2.10. The van der Waals surface area contributed by atoms with Crippen molar-refractivity contribution in [1.82, 2.24) is 10.0 Å². The van der Waals surface area contributed by atoms with E-state index < -0.39 is 27.6 Å². The molecule has 0 heterocycles. The highest BCUT2D eigenvalue weighted by Crippen LogP contribution is 2.11. The second kappa shape index (κ2) is 8.37. The molecule has 0 aliphatic heterocycles. The molecular weight excluding hydrogens is 362 g/mol. The third-order valence-electron chi connectivity index (χ3n) is 3.42. The van der Waals surface area contributed by atoms with Crippen LogP contribution in [0, 0.1) is 11.6 Å². The van der Waals surface area contributed by atoms with E-state index in [0.29, 0.717) is 11.1 Å². The predicted octanol–water partition coefficient (Wildman–Crippen LogP) is 2.72. The van der Waals surface area contributed by atoms with Gasteiger partial charge >= 0.3 is 0 Å². The molecule has 0 bridgehead atoms. The first kappa shape index (κ1) is 20.0. The molecule has 0 fully saturated rings. The number of halogens is 2. The molecule has 26 heavy (non-hydrogen) atoms. The van der Waals surface area contributed by atoms with E-state index in [1.54, 1.807) is 38.1 Å². The van der Waals surface area contributed by atoms with Gasteiger partial charge in [0.05, 0.1) is 11.3 Å². The first-order valence-corrected chi connectivity index (χ1v) is 9.62. The van der Waals surface area contributed by atoms with Crippen LogP contribution in [0.25, 0.3) is 0 Å². The van der Waals surface area contributed by atoms with E-state index in [2.05, 4.69) is 10.0 Å². The molecule has 0 saturated heterocycles. The Kier molecular flexibility index (Phi) is 6.44. The van der Waals surface area contributed by atoms with Gasteiger partial charge in [-0.25, -0.2) is 21.9 Å². The SMILES string of the molecule is CC(C)NS(=O)(=O)Cc1ccc(CNC(=O)c2cc(F)ccc2F)cc1. The van der Waals surface area contributed by atoms with Gasteiger partial charge in [0.25, 0.3) is 5.91 Å². The fourth-order valence-corrected chi connectivity index (χ4v) is 3.76. The van der Waals surface area contributed by atoms with E-state index in [9.17, 15) is 22.0 Å². The second-order valence-corrected chi connectivity index (χ2v) is 7.91. The molecule has 0 atom stereocenters. The first-order valence-electron chi connectivity index (χ1n) is 7.97. The van der Waals surface area contributed by atoms with Crippen LogP contribution >= 0.6 is 0 Å². The average molecular weight is 382 g/mol. The molecule has 140 valence electrons. The Morgan fingerprint density at radius 1 is 1.04 bits per heavy atom. The van der Waals surface area contributed by atoms with Gasteiger partial charge in [-0.2, -0.15) is 0 Å². The largest absolute Gasteiger partial charge is 0.348 e. The zero-order valence-electron chi connectivity index (χ0n) is 14.4. The van der Waals surface area contributed by atoms with Gasteiger partial charge in [-0.3, -0.25) is 4.79 Å². The number of carbonyl (C=O) groups is 1. The lowest BCUT2D eigenvalue weighted by atomic mass is 10.1. The molecule has 5 nitrogen and oxygen atoms in total. The van der Waals surface area contributed by atoms with Crippen molar-refractivity contribution in [2.75, 3.05) is 0 Å². The van der Waals surface area contributed by atoms with Crippen LogP contribution in [0.2, 0.25) is 0 Å². The number of rotatable bonds is 7. The molecule has 0 saturated carbocycles. The van der Waals surface area contributed by atoms with Crippen LogP contribution in [0.5, 0.6) is 0 Å². The lowest BCUT2D eigenvalue weighted by Crippen LogP contribution is -2.31. The van der Waals surface area contributed by atoms with Crippen molar-refractivity contribution in [3.8, 4) is 0 Å². The Morgan fingerprint density at radius 3 is 2.27 bits per heavy atom. The number of amides is 1. The molecule has 0 aliphatic rings. The topological polar surface area (TPSA) is 75.3 Å². The number of sulfonamides is 1. The van der Waals surface area contributed by atoms with E-state index in [-0.39, 0.29) is 23.9 Å². The molecule has 2 aromatic carbocycles. The summed E-state index contributed by atoms with van der Waals surface area (Å²) in [6, 6.07) is 9.11. The lowest BCUT2D eigenvalue weighted by molar-refractivity contribution is 0.0946. The van der Waals surface area contributed by atoms with E-state index in [0.717, 1.165) is 18.2 Å². The smallest absolute Gasteiger partial charge is 0.254 e. The maximum absolute atomic E-state index is 13.6. The summed E-state index contributed by atoms with van der Waals surface area (Å²) in [5.41, 5.74) is 0.935. The number of nitrogens with one attached hydrogen (secondary N) is 2. The van der Waals surface area contributed by atoms with Crippen molar-refractivity contribution in [2.45, 2.75) is 32.2 Å². The van der Waals surface area contributed by atoms with Gasteiger partial charge in [0, 0.05) is 12.6 Å². The van der Waals surface area contributed by atoms with Crippen molar-refractivity contribution in [1.29, 1.82) is 0 Å². The molecule has 2 rings (SSSR count). The third kappa shape index (κ3) is 5.89. The van der Waals surface area contributed by atoms with Crippen molar-refractivity contribution in [3.05, 3.63) is 70.8 Å². The number of hydrogen-bond acceptors (Lipinski definition) is 3. The normalized spacial score (nSPS) is 11.6. The van der Waals surface area contributed by atoms with Gasteiger partial charge < -0.3 is 5.32 Å². The molecule has 1 amide bonds. The van der Waals surface area contributed by atoms with Crippen molar-refractivity contribution in [3.63, 3.8) is 0 Å². The van der Waals surface area contributed by atoms with Crippen molar-refractivity contribution >= 4 is 15.9 Å². The van der Waals surface area contributed by atoms with E-state index >= 15 is 0 Å². The molecule has 0 unspecified atom stereocenters. The molecule has 0 aromatic heterocycles. The summed E-state index contributed by atoms with van der Waals surface area (Å²) in [6.07, 6.45) is 0. The Hall–Kier alpha value is -2.32. The second-order valence-electron chi connectivity index (χ2n) is 6.15. The van der Waals surface area contributed by atoms with Gasteiger partial charge in [0.2, 0.25) is 10.0 Å². The highest BCUT2D eigenvalue weighted by atomic mass is 32.2. The molecule has 0 radical (unpaired) electrons. The summed E-state index contributed by atoms with van der Waals surface area (Å²) in [7, 11) is -3.41. The summed E-state index contributed by atoms with van der Waals surface area (Å²) in [6.45, 7) is 3.58. The minimum Gasteiger partial charge on any atom is -0.348 e. The average Bonchev–Trinajstić information content (AvgIpc) is 2.54. The summed E-state index contributed by atoms with van der Waals surface area (Å²) < 4.78 is 53.0. The highest BCUT2D eigenvalue weighted by molar-refractivity contribution is 7.88.